The summed E-state index contributed by atoms with van der Waals surface area (Å²) in [5.41, 5.74) is 2.71. The largest absolute Gasteiger partial charge is 0.361 e. The molecule has 1 saturated carbocycles. The molecule has 0 spiro atoms. The smallest absolute Gasteiger partial charge is 0.259 e. The number of nitrogens with zero attached hydrogens (tertiary/aromatic N) is 3. The van der Waals surface area contributed by atoms with Gasteiger partial charge in [-0.3, -0.25) is 14.6 Å². The van der Waals surface area contributed by atoms with Gasteiger partial charge in [-0.1, -0.05) is 5.16 Å². The van der Waals surface area contributed by atoms with Crippen molar-refractivity contribution in [2.45, 2.75) is 45.4 Å². The molecule has 2 amide bonds. The second-order valence-corrected chi connectivity index (χ2v) is 7.91. The van der Waals surface area contributed by atoms with Crippen molar-refractivity contribution < 1.29 is 14.1 Å². The maximum absolute atomic E-state index is 12.9. The first-order valence-corrected chi connectivity index (χ1v) is 9.99. The number of aryl methyl sites for hydroxylation is 2. The normalized spacial score (nSPS) is 19.5. The summed E-state index contributed by atoms with van der Waals surface area (Å²) in [6.45, 7) is 5.65. The lowest BCUT2D eigenvalue weighted by molar-refractivity contribution is 0.0703. The topological polar surface area (TPSA) is 88.3 Å². The summed E-state index contributed by atoms with van der Waals surface area (Å²) in [4.78, 5) is 31.5. The standard InChI is InChI=1S/C21H26N4O3/c1-13-19(14(2)28-24-13)21(27)25-9-3-4-17(12-25)18-8-7-16(11-22-18)20(26)23-10-15-5-6-15/h7-8,11,15,17H,3-6,9-10,12H2,1-2H3,(H,23,26). The van der Waals surface area contributed by atoms with Crippen molar-refractivity contribution in [1.29, 1.82) is 0 Å². The number of carbonyl (C=O) groups is 2. The third-order valence-corrected chi connectivity index (χ3v) is 5.67. The summed E-state index contributed by atoms with van der Waals surface area (Å²) < 4.78 is 5.15. The van der Waals surface area contributed by atoms with Gasteiger partial charge in [-0.2, -0.15) is 0 Å². The fourth-order valence-corrected chi connectivity index (χ4v) is 3.79. The molecule has 3 heterocycles. The average molecular weight is 382 g/mol. The van der Waals surface area contributed by atoms with Crippen LogP contribution >= 0.6 is 0 Å². The van der Waals surface area contributed by atoms with Gasteiger partial charge in [-0.15, -0.1) is 0 Å². The fourth-order valence-electron chi connectivity index (χ4n) is 3.79. The summed E-state index contributed by atoms with van der Waals surface area (Å²) in [5.74, 6) is 1.28. The van der Waals surface area contributed by atoms with E-state index in [0.29, 0.717) is 35.0 Å². The molecule has 2 aromatic heterocycles. The quantitative estimate of drug-likeness (QED) is 0.859. The van der Waals surface area contributed by atoms with Crippen LogP contribution < -0.4 is 5.32 Å². The maximum Gasteiger partial charge on any atom is 0.259 e. The van der Waals surface area contributed by atoms with E-state index in [1.807, 2.05) is 17.0 Å². The van der Waals surface area contributed by atoms with E-state index in [1.165, 1.54) is 12.8 Å². The highest BCUT2D eigenvalue weighted by molar-refractivity contribution is 5.96. The predicted octanol–water partition coefficient (Wildman–Crippen LogP) is 2.85. The summed E-state index contributed by atoms with van der Waals surface area (Å²) in [6, 6.07) is 3.75. The molecule has 0 bridgehead atoms. The van der Waals surface area contributed by atoms with Crippen LogP contribution in [-0.4, -0.2) is 46.5 Å². The Morgan fingerprint density at radius 2 is 2.07 bits per heavy atom. The van der Waals surface area contributed by atoms with Crippen LogP contribution in [0, 0.1) is 19.8 Å². The van der Waals surface area contributed by atoms with E-state index in [0.717, 1.165) is 31.6 Å². The Labute approximate surface area is 164 Å². The molecule has 2 fully saturated rings. The van der Waals surface area contributed by atoms with Crippen molar-refractivity contribution in [2.75, 3.05) is 19.6 Å². The number of piperidine rings is 1. The van der Waals surface area contributed by atoms with Crippen LogP contribution in [0.5, 0.6) is 0 Å². The van der Waals surface area contributed by atoms with Gasteiger partial charge in [0.2, 0.25) is 0 Å². The summed E-state index contributed by atoms with van der Waals surface area (Å²) in [6.07, 6.45) is 5.97. The van der Waals surface area contributed by atoms with E-state index in [1.54, 1.807) is 20.0 Å². The molecule has 1 aliphatic carbocycles. The van der Waals surface area contributed by atoms with Crippen molar-refractivity contribution in [3.05, 3.63) is 46.6 Å². The Morgan fingerprint density at radius 3 is 2.71 bits per heavy atom. The highest BCUT2D eigenvalue weighted by atomic mass is 16.5. The van der Waals surface area contributed by atoms with E-state index in [4.69, 9.17) is 4.52 Å². The van der Waals surface area contributed by atoms with E-state index >= 15 is 0 Å². The monoisotopic (exact) mass is 382 g/mol. The van der Waals surface area contributed by atoms with Gasteiger partial charge in [-0.25, -0.2) is 0 Å². The first-order chi connectivity index (χ1) is 13.5. The fraction of sp³-hybridized carbons (Fsp3) is 0.524. The second kappa shape index (κ2) is 7.73. The minimum atomic E-state index is -0.0650. The molecule has 1 unspecified atom stereocenters. The summed E-state index contributed by atoms with van der Waals surface area (Å²) in [7, 11) is 0. The van der Waals surface area contributed by atoms with Gasteiger partial charge in [-0.05, 0) is 57.6 Å². The Bertz CT molecular complexity index is 851. The van der Waals surface area contributed by atoms with Crippen LogP contribution in [0.3, 0.4) is 0 Å². The first-order valence-electron chi connectivity index (χ1n) is 9.99. The van der Waals surface area contributed by atoms with Crippen molar-refractivity contribution in [2.24, 2.45) is 5.92 Å². The molecular weight excluding hydrogens is 356 g/mol. The number of hydrogen-bond donors (Lipinski definition) is 1. The van der Waals surface area contributed by atoms with Crippen LogP contribution in [0.25, 0.3) is 0 Å². The van der Waals surface area contributed by atoms with Crippen LogP contribution in [-0.2, 0) is 0 Å². The zero-order chi connectivity index (χ0) is 19.7. The van der Waals surface area contributed by atoms with Crippen LogP contribution in [0.4, 0.5) is 0 Å². The third-order valence-electron chi connectivity index (χ3n) is 5.67. The zero-order valence-corrected chi connectivity index (χ0v) is 16.4. The highest BCUT2D eigenvalue weighted by Crippen LogP contribution is 2.29. The number of carbonyl (C=O) groups excluding carboxylic acids is 2. The van der Waals surface area contributed by atoms with E-state index in [2.05, 4.69) is 15.5 Å². The van der Waals surface area contributed by atoms with Crippen molar-refractivity contribution in [3.8, 4) is 0 Å². The number of rotatable bonds is 5. The van der Waals surface area contributed by atoms with Gasteiger partial charge in [0.25, 0.3) is 11.8 Å². The Kier molecular flexibility index (Phi) is 5.15. The molecule has 7 heteroatoms. The molecule has 1 aliphatic heterocycles. The van der Waals surface area contributed by atoms with Gasteiger partial charge in [0.15, 0.2) is 0 Å². The van der Waals surface area contributed by atoms with E-state index in [9.17, 15) is 9.59 Å². The van der Waals surface area contributed by atoms with Gasteiger partial charge in [0.1, 0.15) is 11.3 Å². The minimum absolute atomic E-state index is 0.0305. The molecule has 7 nitrogen and oxygen atoms in total. The molecule has 4 rings (SSSR count). The van der Waals surface area contributed by atoms with Gasteiger partial charge in [0.05, 0.1) is 11.3 Å². The highest BCUT2D eigenvalue weighted by Gasteiger charge is 2.29. The lowest BCUT2D eigenvalue weighted by Crippen LogP contribution is -2.39. The average Bonchev–Trinajstić information content (AvgIpc) is 3.49. The Hall–Kier alpha value is -2.70. The molecule has 0 radical (unpaired) electrons. The number of hydrogen-bond acceptors (Lipinski definition) is 5. The van der Waals surface area contributed by atoms with Crippen molar-refractivity contribution in [3.63, 3.8) is 0 Å². The molecule has 148 valence electrons. The van der Waals surface area contributed by atoms with Crippen molar-refractivity contribution >= 4 is 11.8 Å². The zero-order valence-electron chi connectivity index (χ0n) is 16.4. The van der Waals surface area contributed by atoms with Crippen LogP contribution in [0.2, 0.25) is 0 Å². The molecule has 2 aliphatic rings. The molecular formula is C21H26N4O3. The molecule has 0 aromatic carbocycles. The van der Waals surface area contributed by atoms with Gasteiger partial charge < -0.3 is 14.7 Å². The Balaban J connectivity index is 1.41. The predicted molar refractivity (Wildman–Crippen MR) is 103 cm³/mol. The number of likely N-dealkylation sites (tertiary alicyclic amines) is 1. The minimum Gasteiger partial charge on any atom is -0.361 e. The number of nitrogens with one attached hydrogen (secondary N) is 1. The SMILES string of the molecule is Cc1noc(C)c1C(=O)N1CCCC(c2ccc(C(=O)NCC3CC3)cn2)C1. The molecule has 1 N–H and O–H groups in total. The number of pyridine rings is 1. The number of amides is 2. The lowest BCUT2D eigenvalue weighted by Gasteiger charge is -2.32. The van der Waals surface area contributed by atoms with E-state index in [-0.39, 0.29) is 17.7 Å². The lowest BCUT2D eigenvalue weighted by atomic mass is 9.93. The maximum atomic E-state index is 12.9. The second-order valence-electron chi connectivity index (χ2n) is 7.91. The summed E-state index contributed by atoms with van der Waals surface area (Å²) >= 11 is 0. The third kappa shape index (κ3) is 3.93. The molecule has 1 atom stereocenters. The first kappa shape index (κ1) is 18.7. The summed E-state index contributed by atoms with van der Waals surface area (Å²) in [5, 5.41) is 6.85. The molecule has 28 heavy (non-hydrogen) atoms. The van der Waals surface area contributed by atoms with Crippen molar-refractivity contribution in [1.82, 2.24) is 20.4 Å². The Morgan fingerprint density at radius 1 is 1.25 bits per heavy atom. The molecule has 2 aromatic rings. The van der Waals surface area contributed by atoms with E-state index < -0.39 is 0 Å². The van der Waals surface area contributed by atoms with Gasteiger partial charge in [0, 0.05) is 37.4 Å². The van der Waals surface area contributed by atoms with Gasteiger partial charge >= 0.3 is 0 Å². The van der Waals surface area contributed by atoms with Crippen LogP contribution in [0.1, 0.15) is 69.5 Å². The molecule has 1 saturated heterocycles. The number of aromatic nitrogens is 2. The van der Waals surface area contributed by atoms with Crippen LogP contribution in [0.15, 0.2) is 22.9 Å².